The topological polar surface area (TPSA) is 11.4 Å². The molecule has 4 aliphatic rings. The highest BCUT2D eigenvalue weighted by molar-refractivity contribution is 6.90. The summed E-state index contributed by atoms with van der Waals surface area (Å²) in [7, 11) is 6.77. The van der Waals surface area contributed by atoms with Crippen LogP contribution in [0.4, 0.5) is 34.1 Å². The van der Waals surface area contributed by atoms with Crippen molar-refractivity contribution in [2.75, 3.05) is 9.80 Å². The summed E-state index contributed by atoms with van der Waals surface area (Å²) in [5.74, 6) is 0. The van der Waals surface area contributed by atoms with Gasteiger partial charge < -0.3 is 14.3 Å². The SMILES string of the molecule is [B]c1ccc(N2c3cc(N(c4ccccc4)c4ccccc4)ccc3B3c4c2cc2c(c4-c4cccc5c6cc7ccccc7cc6n3c45)C3=C(CCC=C3)C2(C)C)c(-c2ccccc2)c1. The lowest BCUT2D eigenvalue weighted by Gasteiger charge is -2.43. The summed E-state index contributed by atoms with van der Waals surface area (Å²) in [5, 5.41) is 5.10. The molecular weight excluding hydrogens is 796 g/mol. The first kappa shape index (κ1) is 37.6. The van der Waals surface area contributed by atoms with Gasteiger partial charge in [0.25, 0.3) is 0 Å². The van der Waals surface area contributed by atoms with Crippen LogP contribution in [0.1, 0.15) is 37.8 Å². The highest BCUT2D eigenvalue weighted by atomic mass is 15.2. The summed E-state index contributed by atoms with van der Waals surface area (Å²) in [6, 6.07) is 69.4. The molecule has 66 heavy (non-hydrogen) atoms. The Bertz CT molecular complexity index is 3710. The van der Waals surface area contributed by atoms with Gasteiger partial charge in [-0.2, -0.15) is 0 Å². The largest absolute Gasteiger partial charge is 0.375 e. The van der Waals surface area contributed by atoms with Gasteiger partial charge in [-0.15, -0.1) is 0 Å². The Morgan fingerprint density at radius 1 is 0.576 bits per heavy atom. The van der Waals surface area contributed by atoms with Crippen LogP contribution in [0, 0.1) is 0 Å². The number of anilines is 6. The van der Waals surface area contributed by atoms with Crippen molar-refractivity contribution in [3.8, 4) is 22.3 Å². The van der Waals surface area contributed by atoms with Crippen LogP contribution < -0.4 is 26.2 Å². The van der Waals surface area contributed by atoms with E-state index in [1.165, 1.54) is 77.0 Å². The number of aromatic nitrogens is 1. The van der Waals surface area contributed by atoms with Gasteiger partial charge in [0, 0.05) is 66.8 Å². The number of hydrogen-bond acceptors (Lipinski definition) is 2. The third-order valence-electron chi connectivity index (χ3n) is 15.1. The first-order chi connectivity index (χ1) is 32.4. The molecule has 10 aromatic rings. The molecule has 1 aromatic heterocycles. The lowest BCUT2D eigenvalue weighted by atomic mass is 9.44. The fourth-order valence-electron chi connectivity index (χ4n) is 12.3. The zero-order valence-corrected chi connectivity index (χ0v) is 37.0. The molecule has 14 rings (SSSR count). The van der Waals surface area contributed by atoms with E-state index >= 15 is 0 Å². The minimum Gasteiger partial charge on any atom is -0.375 e. The van der Waals surface area contributed by atoms with Crippen molar-refractivity contribution in [2.45, 2.75) is 32.1 Å². The minimum atomic E-state index is -0.166. The molecule has 0 N–H and O–H groups in total. The second-order valence-electron chi connectivity index (χ2n) is 19.0. The van der Waals surface area contributed by atoms with E-state index < -0.39 is 0 Å². The number of para-hydroxylation sites is 3. The molecule has 2 radical (unpaired) electrons. The molecule has 3 heterocycles. The van der Waals surface area contributed by atoms with E-state index in [1.54, 1.807) is 5.57 Å². The number of nitrogens with zero attached hydrogens (tertiary/aromatic N) is 3. The van der Waals surface area contributed by atoms with Crippen molar-refractivity contribution < 1.29 is 0 Å². The van der Waals surface area contributed by atoms with Crippen molar-refractivity contribution in [3.63, 3.8) is 0 Å². The number of allylic oxidation sites excluding steroid dienone is 4. The lowest BCUT2D eigenvalue weighted by Crippen LogP contribution is -2.57. The number of hydrogen-bond donors (Lipinski definition) is 0. The molecule has 0 atom stereocenters. The first-order valence-electron chi connectivity index (χ1n) is 23.3. The Balaban J connectivity index is 1.16. The molecule has 0 saturated carbocycles. The monoisotopic (exact) mass is 839 g/mol. The van der Waals surface area contributed by atoms with Gasteiger partial charge in [-0.3, -0.25) is 0 Å². The Labute approximate surface area is 387 Å². The zero-order chi connectivity index (χ0) is 43.8. The predicted octanol–water partition coefficient (Wildman–Crippen LogP) is 13.7. The molecule has 0 spiro atoms. The summed E-state index contributed by atoms with van der Waals surface area (Å²) in [4.78, 5) is 4.99. The van der Waals surface area contributed by atoms with E-state index in [0.29, 0.717) is 0 Å². The minimum absolute atomic E-state index is 0.118. The van der Waals surface area contributed by atoms with E-state index in [2.05, 4.69) is 228 Å². The molecule has 5 heteroatoms. The molecule has 0 saturated heterocycles. The van der Waals surface area contributed by atoms with Crippen LogP contribution in [0.5, 0.6) is 0 Å². The van der Waals surface area contributed by atoms with Gasteiger partial charge in [-0.05, 0) is 123 Å². The maximum Gasteiger partial charge on any atom is 0.333 e. The molecule has 9 aromatic carbocycles. The first-order valence-corrected chi connectivity index (χ1v) is 23.3. The van der Waals surface area contributed by atoms with Gasteiger partial charge in [0.1, 0.15) is 7.85 Å². The Morgan fingerprint density at radius 3 is 2.05 bits per heavy atom. The van der Waals surface area contributed by atoms with Crippen molar-refractivity contribution in [2.24, 2.45) is 0 Å². The Kier molecular flexibility index (Phi) is 7.91. The van der Waals surface area contributed by atoms with E-state index in [0.717, 1.165) is 57.9 Å². The normalized spacial score (nSPS) is 15.0. The smallest absolute Gasteiger partial charge is 0.333 e. The number of fused-ring (bicyclic) bond motifs is 11. The third kappa shape index (κ3) is 5.17. The van der Waals surface area contributed by atoms with Crippen molar-refractivity contribution in [1.82, 2.24) is 4.48 Å². The molecule has 0 bridgehead atoms. The van der Waals surface area contributed by atoms with Crippen molar-refractivity contribution >= 4 is 103 Å². The van der Waals surface area contributed by atoms with Crippen LogP contribution in [0.3, 0.4) is 0 Å². The van der Waals surface area contributed by atoms with Crippen LogP contribution >= 0.6 is 0 Å². The van der Waals surface area contributed by atoms with Crippen LogP contribution in [-0.4, -0.2) is 19.2 Å². The quantitative estimate of drug-likeness (QED) is 0.160. The second kappa shape index (κ2) is 13.9. The van der Waals surface area contributed by atoms with Gasteiger partial charge in [-0.1, -0.05) is 164 Å². The lowest BCUT2D eigenvalue weighted by molar-refractivity contribution is 0.607. The summed E-state index contributed by atoms with van der Waals surface area (Å²) >= 11 is 0. The summed E-state index contributed by atoms with van der Waals surface area (Å²) in [6.45, 7) is 4.81. The summed E-state index contributed by atoms with van der Waals surface area (Å²) < 4.78 is 2.71. The maximum atomic E-state index is 6.77. The Hall–Kier alpha value is -7.75. The van der Waals surface area contributed by atoms with E-state index in [4.69, 9.17) is 7.85 Å². The fourth-order valence-corrected chi connectivity index (χ4v) is 12.3. The van der Waals surface area contributed by atoms with Crippen molar-refractivity contribution in [1.29, 1.82) is 0 Å². The van der Waals surface area contributed by atoms with E-state index in [-0.39, 0.29) is 12.3 Å². The molecule has 0 unspecified atom stereocenters. The van der Waals surface area contributed by atoms with Crippen LogP contribution in [0.15, 0.2) is 206 Å². The van der Waals surface area contributed by atoms with Gasteiger partial charge in [0.15, 0.2) is 0 Å². The number of benzene rings is 9. The maximum absolute atomic E-state index is 6.77. The van der Waals surface area contributed by atoms with Crippen LogP contribution in [-0.2, 0) is 5.41 Å². The van der Waals surface area contributed by atoms with Gasteiger partial charge in [0.05, 0.1) is 5.69 Å². The average Bonchev–Trinajstić information content (AvgIpc) is 3.80. The summed E-state index contributed by atoms with van der Waals surface area (Å²) in [6.07, 6.45) is 6.97. The molecule has 2 aliphatic carbocycles. The summed E-state index contributed by atoms with van der Waals surface area (Å²) in [5.41, 5.74) is 23.2. The standard InChI is InChI=1S/C61H43B2N3/c1-61(2)50-28-15-14-25-46(50)57-51(61)37-56-59-58(57)47-27-16-26-45-49-33-39-19-12-13-20-40(39)34-54(49)66(60(45)47)63(59)52-31-30-44(64(42-21-8-4-9-22-42)43-23-10-5-11-24-43)36-55(52)65(56)53-32-29-41(62)35-48(53)38-17-6-3-7-18-38/h3-14,16-27,29-37H,15,28H2,1-2H3. The highest BCUT2D eigenvalue weighted by Gasteiger charge is 2.48. The van der Waals surface area contributed by atoms with Crippen molar-refractivity contribution in [3.05, 3.63) is 217 Å². The molecule has 3 nitrogen and oxygen atoms in total. The second-order valence-corrected chi connectivity index (χ2v) is 19.0. The highest BCUT2D eigenvalue weighted by Crippen LogP contribution is 2.57. The van der Waals surface area contributed by atoms with Gasteiger partial charge in [-0.25, -0.2) is 0 Å². The van der Waals surface area contributed by atoms with Gasteiger partial charge in [0.2, 0.25) is 0 Å². The molecule has 2 aliphatic heterocycles. The van der Waals surface area contributed by atoms with E-state index in [1.807, 2.05) is 0 Å². The van der Waals surface area contributed by atoms with Crippen LogP contribution in [0.25, 0.3) is 60.4 Å². The predicted molar refractivity (Wildman–Crippen MR) is 281 cm³/mol. The molecule has 0 fully saturated rings. The fraction of sp³-hybridized carbons (Fsp3) is 0.0820. The average molecular weight is 840 g/mol. The molecule has 308 valence electrons. The zero-order valence-electron chi connectivity index (χ0n) is 37.0. The molecule has 0 amide bonds. The third-order valence-corrected chi connectivity index (χ3v) is 15.1. The van der Waals surface area contributed by atoms with Crippen LogP contribution in [0.2, 0.25) is 0 Å². The molecular formula is C61H43B2N3. The number of rotatable bonds is 5. The Morgan fingerprint density at radius 2 is 1.29 bits per heavy atom. The van der Waals surface area contributed by atoms with E-state index in [9.17, 15) is 0 Å². The van der Waals surface area contributed by atoms with Gasteiger partial charge >= 0.3 is 6.85 Å².